The fraction of sp³-hybridized carbons (Fsp3) is 0.382. The van der Waals surface area contributed by atoms with Crippen molar-refractivity contribution in [2.24, 2.45) is 5.41 Å². The van der Waals surface area contributed by atoms with Crippen LogP contribution in [0, 0.1) is 19.3 Å². The average molecular weight is 621 g/mol. The van der Waals surface area contributed by atoms with Gasteiger partial charge >= 0.3 is 0 Å². The van der Waals surface area contributed by atoms with E-state index in [-0.39, 0.29) is 35.1 Å². The van der Waals surface area contributed by atoms with Gasteiger partial charge in [-0.15, -0.1) is 0 Å². The molecule has 0 spiro atoms. The number of hydrogen-bond donors (Lipinski definition) is 4. The summed E-state index contributed by atoms with van der Waals surface area (Å²) in [6.45, 7) is 8.47. The minimum Gasteiger partial charge on any atom is -0.497 e. The Hall–Kier alpha value is -4.08. The SMILES string of the molecule is COc1cccc(C[C@H](NC(=O)c2cccc(N)c2Cl)[C@H](O)C(=O)N2CCC(C)(C)[C@H]2C(=O)NCc2c(C)cccc2C)c1. The van der Waals surface area contributed by atoms with Crippen LogP contribution in [0.3, 0.4) is 0 Å². The molecule has 0 saturated carbocycles. The summed E-state index contributed by atoms with van der Waals surface area (Å²) in [5.74, 6) is -0.939. The Bertz CT molecular complexity index is 1520. The number of nitrogens with one attached hydrogen (secondary N) is 2. The van der Waals surface area contributed by atoms with E-state index >= 15 is 0 Å². The lowest BCUT2D eigenvalue weighted by atomic mass is 9.84. The van der Waals surface area contributed by atoms with Gasteiger partial charge in [-0.3, -0.25) is 14.4 Å². The zero-order chi connectivity index (χ0) is 32.2. The molecule has 0 unspecified atom stereocenters. The number of nitrogens with two attached hydrogens (primary N) is 1. The molecule has 1 heterocycles. The highest BCUT2D eigenvalue weighted by molar-refractivity contribution is 6.36. The third-order valence-corrected chi connectivity index (χ3v) is 8.90. The second-order valence-corrected chi connectivity index (χ2v) is 12.4. The molecule has 234 valence electrons. The first kappa shape index (κ1) is 32.8. The topological polar surface area (TPSA) is 134 Å². The number of carbonyl (C=O) groups excluding carboxylic acids is 3. The summed E-state index contributed by atoms with van der Waals surface area (Å²) in [6.07, 6.45) is -0.984. The number of benzene rings is 3. The van der Waals surface area contributed by atoms with Gasteiger partial charge in [-0.05, 0) is 78.6 Å². The molecule has 1 aliphatic heterocycles. The third-order valence-electron chi connectivity index (χ3n) is 8.48. The van der Waals surface area contributed by atoms with Gasteiger partial charge in [0.1, 0.15) is 11.8 Å². The maximum absolute atomic E-state index is 14.0. The van der Waals surface area contributed by atoms with Crippen LogP contribution in [0.2, 0.25) is 5.02 Å². The van der Waals surface area contributed by atoms with Crippen molar-refractivity contribution in [1.29, 1.82) is 0 Å². The largest absolute Gasteiger partial charge is 0.497 e. The summed E-state index contributed by atoms with van der Waals surface area (Å²) in [6, 6.07) is 15.9. The number of aliphatic hydroxyl groups excluding tert-OH is 1. The van der Waals surface area contributed by atoms with Crippen molar-refractivity contribution < 1.29 is 24.2 Å². The molecule has 0 aliphatic carbocycles. The zero-order valence-electron chi connectivity index (χ0n) is 25.8. The number of hydrogen-bond acceptors (Lipinski definition) is 6. The van der Waals surface area contributed by atoms with Gasteiger partial charge in [-0.1, -0.05) is 61.8 Å². The van der Waals surface area contributed by atoms with E-state index in [1.54, 1.807) is 37.4 Å². The molecule has 0 radical (unpaired) electrons. The first-order valence-electron chi connectivity index (χ1n) is 14.6. The van der Waals surface area contributed by atoms with Gasteiger partial charge in [0.15, 0.2) is 6.10 Å². The summed E-state index contributed by atoms with van der Waals surface area (Å²) in [7, 11) is 1.54. The number of ether oxygens (including phenoxy) is 1. The van der Waals surface area contributed by atoms with Gasteiger partial charge in [0.2, 0.25) is 5.91 Å². The maximum Gasteiger partial charge on any atom is 0.254 e. The van der Waals surface area contributed by atoms with Gasteiger partial charge in [0.05, 0.1) is 29.4 Å². The van der Waals surface area contributed by atoms with Crippen LogP contribution in [0.15, 0.2) is 60.7 Å². The smallest absolute Gasteiger partial charge is 0.254 e. The van der Waals surface area contributed by atoms with E-state index in [9.17, 15) is 19.5 Å². The quantitative estimate of drug-likeness (QED) is 0.251. The van der Waals surface area contributed by atoms with Crippen LogP contribution in [-0.2, 0) is 22.6 Å². The van der Waals surface area contributed by atoms with Crippen molar-refractivity contribution in [2.75, 3.05) is 19.4 Å². The van der Waals surface area contributed by atoms with Crippen LogP contribution in [0.4, 0.5) is 5.69 Å². The Morgan fingerprint density at radius 1 is 1.09 bits per heavy atom. The molecule has 44 heavy (non-hydrogen) atoms. The van der Waals surface area contributed by atoms with Crippen LogP contribution in [0.25, 0.3) is 0 Å². The van der Waals surface area contributed by atoms with Gasteiger partial charge in [0.25, 0.3) is 11.8 Å². The van der Waals surface area contributed by atoms with Crippen molar-refractivity contribution in [1.82, 2.24) is 15.5 Å². The molecule has 3 aromatic carbocycles. The van der Waals surface area contributed by atoms with Crippen molar-refractivity contribution in [3.8, 4) is 5.75 Å². The summed E-state index contributed by atoms with van der Waals surface area (Å²) in [5, 5.41) is 17.5. The number of anilines is 1. The number of nitrogen functional groups attached to an aromatic ring is 1. The molecule has 3 amide bonds. The van der Waals surface area contributed by atoms with Crippen molar-refractivity contribution in [2.45, 2.75) is 65.3 Å². The molecule has 3 atom stereocenters. The third kappa shape index (κ3) is 7.17. The van der Waals surface area contributed by atoms with Crippen LogP contribution in [0.5, 0.6) is 5.75 Å². The van der Waals surface area contributed by atoms with Gasteiger partial charge in [-0.25, -0.2) is 0 Å². The van der Waals surface area contributed by atoms with E-state index in [1.807, 2.05) is 52.0 Å². The molecule has 0 bridgehead atoms. The Morgan fingerprint density at radius 2 is 1.75 bits per heavy atom. The first-order valence-corrected chi connectivity index (χ1v) is 15.0. The highest BCUT2D eigenvalue weighted by Crippen LogP contribution is 2.37. The van der Waals surface area contributed by atoms with Gasteiger partial charge in [0, 0.05) is 13.1 Å². The Labute approximate surface area is 263 Å². The molecular formula is C34H41ClN4O5. The molecule has 5 N–H and O–H groups in total. The van der Waals surface area contributed by atoms with Crippen molar-refractivity contribution >= 4 is 35.0 Å². The lowest BCUT2D eigenvalue weighted by Crippen LogP contribution is -2.57. The molecule has 1 saturated heterocycles. The van der Waals surface area contributed by atoms with E-state index in [2.05, 4.69) is 10.6 Å². The fourth-order valence-electron chi connectivity index (χ4n) is 5.84. The number of nitrogens with zero attached hydrogens (tertiary/aromatic N) is 1. The van der Waals surface area contributed by atoms with E-state index in [4.69, 9.17) is 22.1 Å². The Balaban J connectivity index is 1.59. The molecule has 3 aromatic rings. The van der Waals surface area contributed by atoms with E-state index in [0.29, 0.717) is 18.7 Å². The van der Waals surface area contributed by atoms with Crippen molar-refractivity contribution in [3.63, 3.8) is 0 Å². The molecule has 1 aliphatic rings. The van der Waals surface area contributed by atoms with Crippen LogP contribution in [0.1, 0.15) is 52.9 Å². The number of methoxy groups -OCH3 is 1. The predicted octanol–water partition coefficient (Wildman–Crippen LogP) is 4.19. The monoisotopic (exact) mass is 620 g/mol. The number of rotatable bonds is 10. The van der Waals surface area contributed by atoms with Crippen molar-refractivity contribution in [3.05, 3.63) is 93.5 Å². The summed E-state index contributed by atoms with van der Waals surface area (Å²) in [4.78, 5) is 42.5. The summed E-state index contributed by atoms with van der Waals surface area (Å²) in [5.41, 5.74) is 9.60. The van der Waals surface area contributed by atoms with Crippen LogP contribution < -0.4 is 21.1 Å². The first-order chi connectivity index (χ1) is 20.8. The highest BCUT2D eigenvalue weighted by atomic mass is 35.5. The maximum atomic E-state index is 14.0. The normalized spacial score (nSPS) is 17.1. The van der Waals surface area contributed by atoms with E-state index in [0.717, 1.165) is 22.3 Å². The number of carbonyl (C=O) groups is 3. The lowest BCUT2D eigenvalue weighted by Gasteiger charge is -2.34. The molecule has 9 nitrogen and oxygen atoms in total. The number of likely N-dealkylation sites (tertiary alicyclic amines) is 1. The number of aryl methyl sites for hydroxylation is 2. The van der Waals surface area contributed by atoms with Crippen LogP contribution >= 0.6 is 11.6 Å². The molecule has 0 aromatic heterocycles. The second-order valence-electron chi connectivity index (χ2n) is 12.1. The van der Waals surface area contributed by atoms with E-state index in [1.165, 1.54) is 11.0 Å². The second kappa shape index (κ2) is 13.7. The van der Waals surface area contributed by atoms with Gasteiger partial charge in [-0.2, -0.15) is 0 Å². The number of amides is 3. The highest BCUT2D eigenvalue weighted by Gasteiger charge is 2.49. The predicted molar refractivity (Wildman–Crippen MR) is 171 cm³/mol. The molecule has 1 fully saturated rings. The number of halogens is 1. The van der Waals surface area contributed by atoms with Gasteiger partial charge < -0.3 is 31.1 Å². The van der Waals surface area contributed by atoms with E-state index < -0.39 is 35.4 Å². The molecule has 4 rings (SSSR count). The standard InChI is InChI=1S/C34H41ClN4O5/c1-20-9-6-10-21(2)25(20)19-37-32(42)30-34(3,4)15-16-39(30)33(43)29(40)27(18-22-11-7-12-23(17-22)44-5)38-31(41)24-13-8-14-26(36)28(24)35/h6-14,17,27,29-30,40H,15-16,18-19,36H2,1-5H3,(H,37,42)(H,38,41)/t27-,29-,30+/m0/s1. The Morgan fingerprint density at radius 3 is 2.43 bits per heavy atom. The van der Waals surface area contributed by atoms with Crippen LogP contribution in [-0.4, -0.2) is 59.6 Å². The number of aliphatic hydroxyl groups is 1. The molecular weight excluding hydrogens is 580 g/mol. The summed E-state index contributed by atoms with van der Waals surface area (Å²) >= 11 is 6.31. The zero-order valence-corrected chi connectivity index (χ0v) is 26.6. The minimum absolute atomic E-state index is 0.0767. The summed E-state index contributed by atoms with van der Waals surface area (Å²) < 4.78 is 5.34. The Kier molecular flexibility index (Phi) is 10.2. The minimum atomic E-state index is -1.66. The lowest BCUT2D eigenvalue weighted by molar-refractivity contribution is -0.148. The fourth-order valence-corrected chi connectivity index (χ4v) is 6.05. The average Bonchev–Trinajstić information content (AvgIpc) is 3.31. The molecule has 10 heteroatoms.